The fourth-order valence-corrected chi connectivity index (χ4v) is 3.17. The summed E-state index contributed by atoms with van der Waals surface area (Å²) in [5.41, 5.74) is 0.244. The van der Waals surface area contributed by atoms with Crippen molar-refractivity contribution in [3.05, 3.63) is 53.6 Å². The van der Waals surface area contributed by atoms with E-state index < -0.39 is 17.6 Å². The number of halogens is 3. The normalized spacial score (nSPS) is 14.3. The zero-order chi connectivity index (χ0) is 19.4. The van der Waals surface area contributed by atoms with Crippen LogP contribution in [0.4, 0.5) is 24.5 Å². The Morgan fingerprint density at radius 2 is 1.85 bits per heavy atom. The largest absolute Gasteiger partial charge is 0.493 e. The first kappa shape index (κ1) is 19.1. The molecule has 1 saturated heterocycles. The number of carbonyl (C=O) groups is 1. The second-order valence-electron chi connectivity index (χ2n) is 6.31. The molecular formula is C20H21F3N2O2. The molecule has 0 unspecified atom stereocenters. The molecular weight excluding hydrogens is 357 g/mol. The number of hydrogen-bond donors (Lipinski definition) is 1. The number of anilines is 2. The van der Waals surface area contributed by atoms with Crippen LogP contribution in [0.15, 0.2) is 42.5 Å². The highest BCUT2D eigenvalue weighted by molar-refractivity contribution is 6.07. The van der Waals surface area contributed by atoms with E-state index in [0.717, 1.165) is 38.1 Å². The minimum absolute atomic E-state index is 0.156. The SMILES string of the molecule is CCOc1ccccc1C(=O)Nc1cc(C(F)(F)F)ccc1N1CCCC1. The number of benzene rings is 2. The van der Waals surface area contributed by atoms with Crippen molar-refractivity contribution in [2.24, 2.45) is 0 Å². The van der Waals surface area contributed by atoms with Gasteiger partial charge in [-0.25, -0.2) is 0 Å². The van der Waals surface area contributed by atoms with Crippen molar-refractivity contribution >= 4 is 17.3 Å². The van der Waals surface area contributed by atoms with Gasteiger partial charge >= 0.3 is 6.18 Å². The van der Waals surface area contributed by atoms with Gasteiger partial charge in [0.1, 0.15) is 5.75 Å². The molecule has 0 bridgehead atoms. The molecule has 27 heavy (non-hydrogen) atoms. The van der Waals surface area contributed by atoms with Crippen LogP contribution in [0, 0.1) is 0 Å². The van der Waals surface area contributed by atoms with Crippen molar-refractivity contribution in [1.82, 2.24) is 0 Å². The molecule has 3 rings (SSSR count). The van der Waals surface area contributed by atoms with E-state index in [1.54, 1.807) is 31.2 Å². The Morgan fingerprint density at radius 3 is 2.52 bits per heavy atom. The van der Waals surface area contributed by atoms with Crippen LogP contribution in [0.25, 0.3) is 0 Å². The van der Waals surface area contributed by atoms with Gasteiger partial charge in [-0.1, -0.05) is 12.1 Å². The van der Waals surface area contributed by atoms with Gasteiger partial charge in [-0.15, -0.1) is 0 Å². The fraction of sp³-hybridized carbons (Fsp3) is 0.350. The fourth-order valence-electron chi connectivity index (χ4n) is 3.17. The molecule has 0 saturated carbocycles. The summed E-state index contributed by atoms with van der Waals surface area (Å²) in [4.78, 5) is 14.7. The first-order valence-electron chi connectivity index (χ1n) is 8.89. The Kier molecular flexibility index (Phi) is 5.58. The second kappa shape index (κ2) is 7.90. The summed E-state index contributed by atoms with van der Waals surface area (Å²) in [5, 5.41) is 2.65. The van der Waals surface area contributed by atoms with E-state index in [4.69, 9.17) is 4.74 Å². The molecule has 0 atom stereocenters. The van der Waals surface area contributed by atoms with Crippen LogP contribution in [0.3, 0.4) is 0 Å². The Morgan fingerprint density at radius 1 is 1.15 bits per heavy atom. The summed E-state index contributed by atoms with van der Waals surface area (Å²) < 4.78 is 44.9. The molecule has 0 aromatic heterocycles. The quantitative estimate of drug-likeness (QED) is 0.800. The van der Waals surface area contributed by atoms with E-state index in [1.807, 2.05) is 4.90 Å². The maximum absolute atomic E-state index is 13.2. The number of nitrogens with one attached hydrogen (secondary N) is 1. The van der Waals surface area contributed by atoms with Gasteiger partial charge < -0.3 is 15.0 Å². The molecule has 1 aliphatic heterocycles. The lowest BCUT2D eigenvalue weighted by Gasteiger charge is -2.23. The lowest BCUT2D eigenvalue weighted by molar-refractivity contribution is -0.137. The zero-order valence-corrected chi connectivity index (χ0v) is 15.0. The van der Waals surface area contributed by atoms with Gasteiger partial charge in [-0.05, 0) is 50.1 Å². The van der Waals surface area contributed by atoms with Gasteiger partial charge in [0.2, 0.25) is 0 Å². The molecule has 0 spiro atoms. The molecule has 0 radical (unpaired) electrons. The third kappa shape index (κ3) is 4.35. The Bertz CT molecular complexity index is 815. The predicted octanol–water partition coefficient (Wildman–Crippen LogP) is 4.96. The van der Waals surface area contributed by atoms with Crippen molar-refractivity contribution in [2.75, 3.05) is 29.9 Å². The van der Waals surface area contributed by atoms with E-state index in [1.165, 1.54) is 6.07 Å². The predicted molar refractivity (Wildman–Crippen MR) is 98.5 cm³/mol. The van der Waals surface area contributed by atoms with Crippen molar-refractivity contribution in [2.45, 2.75) is 25.9 Å². The molecule has 144 valence electrons. The van der Waals surface area contributed by atoms with Crippen molar-refractivity contribution < 1.29 is 22.7 Å². The van der Waals surface area contributed by atoms with Gasteiger partial charge in [0.25, 0.3) is 5.91 Å². The van der Waals surface area contributed by atoms with Crippen molar-refractivity contribution in [3.8, 4) is 5.75 Å². The van der Waals surface area contributed by atoms with E-state index in [9.17, 15) is 18.0 Å². The molecule has 2 aromatic carbocycles. The van der Waals surface area contributed by atoms with E-state index in [-0.39, 0.29) is 11.3 Å². The zero-order valence-electron chi connectivity index (χ0n) is 15.0. The first-order valence-corrected chi connectivity index (χ1v) is 8.89. The van der Waals surface area contributed by atoms with Gasteiger partial charge in [-0.3, -0.25) is 4.79 Å². The molecule has 7 heteroatoms. The molecule has 1 fully saturated rings. The number of carbonyl (C=O) groups excluding carboxylic acids is 1. The summed E-state index contributed by atoms with van der Waals surface area (Å²) in [6.45, 7) is 3.69. The Labute approximate surface area is 155 Å². The van der Waals surface area contributed by atoms with Gasteiger partial charge in [0.05, 0.1) is 29.1 Å². The lowest BCUT2D eigenvalue weighted by atomic mass is 10.1. The third-order valence-corrected chi connectivity index (χ3v) is 4.45. The topological polar surface area (TPSA) is 41.6 Å². The highest BCUT2D eigenvalue weighted by Crippen LogP contribution is 2.37. The summed E-state index contributed by atoms with van der Waals surface area (Å²) in [6, 6.07) is 10.1. The summed E-state index contributed by atoms with van der Waals surface area (Å²) in [6.07, 6.45) is -2.53. The average molecular weight is 378 g/mol. The molecule has 1 amide bonds. The molecule has 0 aliphatic carbocycles. The smallest absolute Gasteiger partial charge is 0.416 e. The first-order chi connectivity index (χ1) is 12.9. The number of para-hydroxylation sites is 1. The lowest BCUT2D eigenvalue weighted by Crippen LogP contribution is -2.22. The average Bonchev–Trinajstić information content (AvgIpc) is 3.16. The Hall–Kier alpha value is -2.70. The minimum Gasteiger partial charge on any atom is -0.493 e. The number of nitrogens with zero attached hydrogens (tertiary/aromatic N) is 1. The summed E-state index contributed by atoms with van der Waals surface area (Å²) in [7, 11) is 0. The monoisotopic (exact) mass is 378 g/mol. The highest BCUT2D eigenvalue weighted by Gasteiger charge is 2.32. The molecule has 2 aromatic rings. The van der Waals surface area contributed by atoms with E-state index in [0.29, 0.717) is 18.0 Å². The highest BCUT2D eigenvalue weighted by atomic mass is 19.4. The maximum Gasteiger partial charge on any atom is 0.416 e. The molecule has 1 aliphatic rings. The van der Waals surface area contributed by atoms with E-state index >= 15 is 0 Å². The van der Waals surface area contributed by atoms with Gasteiger partial charge in [-0.2, -0.15) is 13.2 Å². The number of hydrogen-bond acceptors (Lipinski definition) is 3. The number of amides is 1. The minimum atomic E-state index is -4.48. The van der Waals surface area contributed by atoms with Gasteiger partial charge in [0, 0.05) is 13.1 Å². The van der Waals surface area contributed by atoms with Crippen LogP contribution in [0.5, 0.6) is 5.75 Å². The standard InChI is InChI=1S/C20H21F3N2O2/c1-2-27-18-8-4-3-7-15(18)19(26)24-16-13-14(20(21,22)23)9-10-17(16)25-11-5-6-12-25/h3-4,7-10,13H,2,5-6,11-12H2,1H3,(H,24,26). The maximum atomic E-state index is 13.2. The third-order valence-electron chi connectivity index (χ3n) is 4.45. The van der Waals surface area contributed by atoms with Crippen LogP contribution >= 0.6 is 0 Å². The number of ether oxygens (including phenoxy) is 1. The molecule has 1 N–H and O–H groups in total. The van der Waals surface area contributed by atoms with Gasteiger partial charge in [0.15, 0.2) is 0 Å². The van der Waals surface area contributed by atoms with Crippen LogP contribution in [-0.4, -0.2) is 25.6 Å². The molecule has 1 heterocycles. The van der Waals surface area contributed by atoms with Crippen molar-refractivity contribution in [3.63, 3.8) is 0 Å². The second-order valence-corrected chi connectivity index (χ2v) is 6.31. The van der Waals surface area contributed by atoms with Crippen LogP contribution in [-0.2, 0) is 6.18 Å². The molecule has 4 nitrogen and oxygen atoms in total. The number of alkyl halides is 3. The Balaban J connectivity index is 1.95. The summed E-state index contributed by atoms with van der Waals surface area (Å²) in [5.74, 6) is -0.106. The van der Waals surface area contributed by atoms with Crippen LogP contribution in [0.1, 0.15) is 35.7 Å². The van der Waals surface area contributed by atoms with Crippen molar-refractivity contribution in [1.29, 1.82) is 0 Å². The van der Waals surface area contributed by atoms with Crippen LogP contribution in [0.2, 0.25) is 0 Å². The van der Waals surface area contributed by atoms with E-state index in [2.05, 4.69) is 5.32 Å². The summed E-state index contributed by atoms with van der Waals surface area (Å²) >= 11 is 0. The van der Waals surface area contributed by atoms with Crippen LogP contribution < -0.4 is 15.0 Å². The number of rotatable bonds is 5.